The third kappa shape index (κ3) is 3.05. The molecule has 0 saturated carbocycles. The van der Waals surface area contributed by atoms with Crippen LogP contribution in [0.5, 0.6) is 0 Å². The van der Waals surface area contributed by atoms with Crippen LogP contribution in [0.3, 0.4) is 0 Å². The number of hydrogen-bond acceptors (Lipinski definition) is 4. The van der Waals surface area contributed by atoms with Gasteiger partial charge in [0.25, 0.3) is 0 Å². The molecule has 0 radical (unpaired) electrons. The van der Waals surface area contributed by atoms with Gasteiger partial charge in [-0.2, -0.15) is 0 Å². The van der Waals surface area contributed by atoms with E-state index in [1.54, 1.807) is 0 Å². The van der Waals surface area contributed by atoms with Crippen LogP contribution in [0.4, 0.5) is 0 Å². The monoisotopic (exact) mass is 266 g/mol. The van der Waals surface area contributed by atoms with E-state index < -0.39 is 28.7 Å². The first-order valence-electron chi connectivity index (χ1n) is 5.10. The SMILES string of the molecule is CC(=O)C(C(C)=O)=C(O)C(=O)c1ccc(Cl)cc1. The van der Waals surface area contributed by atoms with Gasteiger partial charge in [0.1, 0.15) is 5.57 Å². The lowest BCUT2D eigenvalue weighted by atomic mass is 10.0. The molecule has 0 heterocycles. The summed E-state index contributed by atoms with van der Waals surface area (Å²) in [5, 5.41) is 10.1. The predicted octanol–water partition coefficient (Wildman–Crippen LogP) is 2.51. The maximum absolute atomic E-state index is 11.9. The van der Waals surface area contributed by atoms with Crippen molar-refractivity contribution in [2.24, 2.45) is 0 Å². The van der Waals surface area contributed by atoms with Gasteiger partial charge in [0.2, 0.25) is 5.78 Å². The van der Waals surface area contributed by atoms with Gasteiger partial charge >= 0.3 is 0 Å². The highest BCUT2D eigenvalue weighted by Gasteiger charge is 2.22. The fourth-order valence-corrected chi connectivity index (χ4v) is 1.56. The molecule has 0 atom stereocenters. The van der Waals surface area contributed by atoms with E-state index in [0.29, 0.717) is 5.02 Å². The van der Waals surface area contributed by atoms with Crippen LogP contribution in [0.25, 0.3) is 0 Å². The first kappa shape index (κ1) is 14.1. The Hall–Kier alpha value is -1.94. The molecule has 1 aromatic rings. The molecular formula is C13H11ClO4. The Morgan fingerprint density at radius 3 is 1.83 bits per heavy atom. The Morgan fingerprint density at radius 2 is 1.44 bits per heavy atom. The lowest BCUT2D eigenvalue weighted by Gasteiger charge is -2.04. The van der Waals surface area contributed by atoms with Gasteiger partial charge in [0.05, 0.1) is 0 Å². The van der Waals surface area contributed by atoms with Gasteiger partial charge in [0.15, 0.2) is 17.3 Å². The third-order valence-electron chi connectivity index (χ3n) is 2.26. The second kappa shape index (κ2) is 5.60. The number of benzene rings is 1. The van der Waals surface area contributed by atoms with E-state index in [9.17, 15) is 19.5 Å². The topological polar surface area (TPSA) is 71.4 Å². The van der Waals surface area contributed by atoms with Crippen LogP contribution in [0.15, 0.2) is 35.6 Å². The van der Waals surface area contributed by atoms with Crippen molar-refractivity contribution >= 4 is 29.0 Å². The van der Waals surface area contributed by atoms with E-state index in [0.717, 1.165) is 13.8 Å². The zero-order chi connectivity index (χ0) is 13.9. The van der Waals surface area contributed by atoms with Crippen LogP contribution < -0.4 is 0 Å². The highest BCUT2D eigenvalue weighted by molar-refractivity contribution is 6.30. The normalized spacial score (nSPS) is 9.72. The Labute approximate surface area is 109 Å². The molecular weight excluding hydrogens is 256 g/mol. The summed E-state index contributed by atoms with van der Waals surface area (Å²) in [6.45, 7) is 2.23. The molecule has 1 aromatic carbocycles. The molecule has 0 aliphatic carbocycles. The number of carbonyl (C=O) groups is 3. The van der Waals surface area contributed by atoms with Gasteiger partial charge in [-0.05, 0) is 38.1 Å². The van der Waals surface area contributed by atoms with Gasteiger partial charge in [-0.3, -0.25) is 14.4 Å². The Balaban J connectivity index is 3.24. The van der Waals surface area contributed by atoms with E-state index in [2.05, 4.69) is 0 Å². The van der Waals surface area contributed by atoms with E-state index in [4.69, 9.17) is 11.6 Å². The van der Waals surface area contributed by atoms with Crippen molar-refractivity contribution in [3.05, 3.63) is 46.2 Å². The van der Waals surface area contributed by atoms with Gasteiger partial charge in [-0.15, -0.1) is 0 Å². The predicted molar refractivity (Wildman–Crippen MR) is 66.8 cm³/mol. The fourth-order valence-electron chi connectivity index (χ4n) is 1.43. The number of rotatable bonds is 4. The van der Waals surface area contributed by atoms with E-state index in [-0.39, 0.29) is 5.56 Å². The molecule has 0 saturated heterocycles. The summed E-state index contributed by atoms with van der Waals surface area (Å²) in [6.07, 6.45) is 0. The van der Waals surface area contributed by atoms with E-state index in [1.807, 2.05) is 0 Å². The molecule has 0 aliphatic heterocycles. The molecule has 94 valence electrons. The standard InChI is InChI=1S/C13H11ClO4/c1-7(15)11(8(2)16)13(18)12(17)9-3-5-10(14)6-4-9/h3-6,18H,1-2H3. The average molecular weight is 267 g/mol. The number of allylic oxidation sites excluding steroid dienone is 2. The second-order valence-corrected chi connectivity index (χ2v) is 4.11. The second-order valence-electron chi connectivity index (χ2n) is 3.67. The van der Waals surface area contributed by atoms with Crippen molar-refractivity contribution in [3.63, 3.8) is 0 Å². The summed E-state index contributed by atoms with van der Waals surface area (Å²) in [6, 6.07) is 5.75. The van der Waals surface area contributed by atoms with Crippen LogP contribution in [0.1, 0.15) is 24.2 Å². The van der Waals surface area contributed by atoms with Gasteiger partial charge in [-0.1, -0.05) is 11.6 Å². The van der Waals surface area contributed by atoms with Gasteiger partial charge in [-0.25, -0.2) is 0 Å². The van der Waals surface area contributed by atoms with Crippen molar-refractivity contribution < 1.29 is 19.5 Å². The first-order chi connectivity index (χ1) is 8.34. The highest BCUT2D eigenvalue weighted by Crippen LogP contribution is 2.15. The summed E-state index contributed by atoms with van der Waals surface area (Å²) < 4.78 is 0. The minimum Gasteiger partial charge on any atom is -0.504 e. The van der Waals surface area contributed by atoms with Crippen molar-refractivity contribution in [2.75, 3.05) is 0 Å². The third-order valence-corrected chi connectivity index (χ3v) is 2.51. The minimum absolute atomic E-state index is 0.150. The number of carbonyl (C=O) groups excluding carboxylic acids is 3. The molecule has 1 rings (SSSR count). The summed E-state index contributed by atoms with van der Waals surface area (Å²) in [5.74, 6) is -2.92. The van der Waals surface area contributed by atoms with Crippen molar-refractivity contribution in [1.29, 1.82) is 0 Å². The summed E-state index contributed by atoms with van der Waals surface area (Å²) in [4.78, 5) is 34.3. The largest absolute Gasteiger partial charge is 0.504 e. The zero-order valence-corrected chi connectivity index (χ0v) is 10.6. The molecule has 0 spiro atoms. The minimum atomic E-state index is -0.836. The molecule has 5 heteroatoms. The maximum Gasteiger partial charge on any atom is 0.228 e. The van der Waals surface area contributed by atoms with Crippen molar-refractivity contribution in [2.45, 2.75) is 13.8 Å². The van der Waals surface area contributed by atoms with Gasteiger partial charge in [0, 0.05) is 10.6 Å². The van der Waals surface area contributed by atoms with Crippen LogP contribution in [0, 0.1) is 0 Å². The lowest BCUT2D eigenvalue weighted by Crippen LogP contribution is -2.15. The van der Waals surface area contributed by atoms with Crippen LogP contribution in [-0.2, 0) is 9.59 Å². The number of Topliss-reactive ketones (excluding diaryl/α,β-unsaturated/α-hetero) is 3. The summed E-state index contributed by atoms with van der Waals surface area (Å²) >= 11 is 5.67. The summed E-state index contributed by atoms with van der Waals surface area (Å²) in [7, 11) is 0. The van der Waals surface area contributed by atoms with Gasteiger partial charge < -0.3 is 5.11 Å². The molecule has 4 nitrogen and oxygen atoms in total. The zero-order valence-electron chi connectivity index (χ0n) is 9.86. The maximum atomic E-state index is 11.9. The molecule has 1 N–H and O–H groups in total. The van der Waals surface area contributed by atoms with Crippen LogP contribution >= 0.6 is 11.6 Å². The Morgan fingerprint density at radius 1 is 1.00 bits per heavy atom. The molecule has 0 aromatic heterocycles. The summed E-state index contributed by atoms with van der Waals surface area (Å²) in [5.41, 5.74) is -0.341. The quantitative estimate of drug-likeness (QED) is 0.299. The Kier molecular flexibility index (Phi) is 4.39. The van der Waals surface area contributed by atoms with Crippen molar-refractivity contribution in [3.8, 4) is 0 Å². The number of aliphatic hydroxyl groups is 1. The number of aliphatic hydroxyl groups excluding tert-OH is 1. The van der Waals surface area contributed by atoms with Crippen LogP contribution in [0.2, 0.25) is 5.02 Å². The number of halogens is 1. The first-order valence-corrected chi connectivity index (χ1v) is 5.47. The lowest BCUT2D eigenvalue weighted by molar-refractivity contribution is -0.119. The van der Waals surface area contributed by atoms with Crippen LogP contribution in [-0.4, -0.2) is 22.5 Å². The fraction of sp³-hybridized carbons (Fsp3) is 0.154. The molecule has 0 bridgehead atoms. The average Bonchev–Trinajstić information content (AvgIpc) is 2.28. The molecule has 0 unspecified atom stereocenters. The highest BCUT2D eigenvalue weighted by atomic mass is 35.5. The number of ketones is 3. The smallest absolute Gasteiger partial charge is 0.228 e. The molecule has 0 aliphatic rings. The van der Waals surface area contributed by atoms with E-state index >= 15 is 0 Å². The number of hydrogen-bond donors (Lipinski definition) is 1. The molecule has 18 heavy (non-hydrogen) atoms. The Bertz CT molecular complexity index is 525. The van der Waals surface area contributed by atoms with Crippen molar-refractivity contribution in [1.82, 2.24) is 0 Å². The van der Waals surface area contributed by atoms with E-state index in [1.165, 1.54) is 24.3 Å². The molecule has 0 amide bonds. The molecule has 0 fully saturated rings.